The lowest BCUT2D eigenvalue weighted by atomic mass is 10.0. The lowest BCUT2D eigenvalue weighted by molar-refractivity contribution is -0.870. The largest absolute Gasteiger partial charge is 0.756 e. The third kappa shape index (κ3) is 46.6. The van der Waals surface area contributed by atoms with Crippen LogP contribution in [0.25, 0.3) is 0 Å². The highest BCUT2D eigenvalue weighted by molar-refractivity contribution is 7.45. The van der Waals surface area contributed by atoms with E-state index < -0.39 is 26.6 Å². The van der Waals surface area contributed by atoms with Gasteiger partial charge in [-0.1, -0.05) is 203 Å². The first-order valence-corrected chi connectivity index (χ1v) is 28.3. The van der Waals surface area contributed by atoms with Gasteiger partial charge in [-0.05, 0) is 76.7 Å². The van der Waals surface area contributed by atoms with E-state index in [1.165, 1.54) is 70.6 Å². The lowest BCUT2D eigenvalue weighted by Crippen LogP contribution is -2.47. The van der Waals surface area contributed by atoms with E-state index in [0.29, 0.717) is 23.9 Å². The minimum absolute atomic E-state index is 0.0311. The van der Waals surface area contributed by atoms with Gasteiger partial charge in [0.05, 0.1) is 33.8 Å². The Bertz CT molecular complexity index is 1370. The van der Waals surface area contributed by atoms with Gasteiger partial charge in [-0.25, -0.2) is 0 Å². The Balaban J connectivity index is 5.47. The Hall–Kier alpha value is -2.55. The predicted octanol–water partition coefficient (Wildman–Crippen LogP) is 15.1. The van der Waals surface area contributed by atoms with Crippen molar-refractivity contribution >= 4 is 19.7 Å². The van der Waals surface area contributed by atoms with Gasteiger partial charge in [0.2, 0.25) is 5.91 Å². The van der Waals surface area contributed by atoms with Crippen molar-refractivity contribution in [2.75, 3.05) is 40.9 Å². The van der Waals surface area contributed by atoms with Crippen LogP contribution >= 0.6 is 7.82 Å². The summed E-state index contributed by atoms with van der Waals surface area (Å²) in [5.74, 6) is -0.583. The van der Waals surface area contributed by atoms with Gasteiger partial charge in [0.15, 0.2) is 0 Å². The molecule has 0 aliphatic carbocycles. The minimum Gasteiger partial charge on any atom is -0.756 e. The molecular formula is C56H101N2O7P. The highest BCUT2D eigenvalue weighted by Crippen LogP contribution is 2.38. The normalized spacial score (nSPS) is 14.5. The number of allylic oxidation sites excluding steroid dienone is 11. The van der Waals surface area contributed by atoms with E-state index in [9.17, 15) is 19.0 Å². The van der Waals surface area contributed by atoms with Crippen molar-refractivity contribution in [3.05, 3.63) is 72.9 Å². The number of unbranched alkanes of at least 4 members (excludes halogenated alkanes) is 24. The van der Waals surface area contributed by atoms with Crippen molar-refractivity contribution in [3.8, 4) is 0 Å². The summed E-state index contributed by atoms with van der Waals surface area (Å²) in [5.41, 5.74) is 0. The molecule has 0 aromatic heterocycles. The Labute approximate surface area is 406 Å². The molecule has 0 saturated carbocycles. The van der Waals surface area contributed by atoms with Crippen LogP contribution in [-0.4, -0.2) is 69.4 Å². The smallest absolute Gasteiger partial charge is 0.306 e. The first-order chi connectivity index (χ1) is 31.9. The average molecular weight is 945 g/mol. The molecule has 0 aromatic rings. The standard InChI is InChI=1S/C56H101N2O7P/c1-7-10-13-16-19-22-25-28-29-31-33-36-39-42-45-48-55(59)57-53(52-64-66(61,62)63-51-50-58(4,5)6)54(47-44-41-38-35-32-27-24-21-18-15-12-9-3)65-56(60)49-46-43-40-37-34-30-26-23-20-17-14-11-8-2/h11,14,17,19-20,22-23,25-26,28,44,47,53-54H,7-10,12-13,15-16,18,21,24,27,29-43,45-46,48-52H2,1-6H3,(H-,57,59,61,62)/b14-11+,20-17+,22-19+,26-23-,28-25+,47-44+. The van der Waals surface area contributed by atoms with Gasteiger partial charge in [-0.2, -0.15) is 0 Å². The van der Waals surface area contributed by atoms with Crippen LogP contribution in [-0.2, 0) is 27.9 Å². The summed E-state index contributed by atoms with van der Waals surface area (Å²) < 4.78 is 30.1. The van der Waals surface area contributed by atoms with Crippen LogP contribution < -0.4 is 10.2 Å². The maximum absolute atomic E-state index is 13.4. The van der Waals surface area contributed by atoms with Gasteiger partial charge in [0.25, 0.3) is 7.82 Å². The summed E-state index contributed by atoms with van der Waals surface area (Å²) in [6.07, 6.45) is 57.2. The fraction of sp³-hybridized carbons (Fsp3) is 0.750. The molecule has 9 nitrogen and oxygen atoms in total. The van der Waals surface area contributed by atoms with Crippen LogP contribution in [0.15, 0.2) is 72.9 Å². The number of likely N-dealkylation sites (N-methyl/N-ethyl adjacent to an activating group) is 1. The van der Waals surface area contributed by atoms with E-state index in [2.05, 4.69) is 80.8 Å². The van der Waals surface area contributed by atoms with E-state index in [1.807, 2.05) is 39.4 Å². The van der Waals surface area contributed by atoms with E-state index in [0.717, 1.165) is 109 Å². The van der Waals surface area contributed by atoms with Crippen LogP contribution in [0.2, 0.25) is 0 Å². The molecule has 66 heavy (non-hydrogen) atoms. The summed E-state index contributed by atoms with van der Waals surface area (Å²) in [5, 5.41) is 3.00. The highest BCUT2D eigenvalue weighted by Gasteiger charge is 2.27. The number of quaternary nitrogens is 1. The molecule has 0 aliphatic heterocycles. The number of carbonyl (C=O) groups is 2. The van der Waals surface area contributed by atoms with E-state index in [1.54, 1.807) is 0 Å². The molecule has 0 heterocycles. The molecule has 0 aliphatic rings. The molecule has 0 aromatic carbocycles. The third-order valence-electron chi connectivity index (χ3n) is 11.5. The summed E-state index contributed by atoms with van der Waals surface area (Å²) in [4.78, 5) is 39.7. The average Bonchev–Trinajstić information content (AvgIpc) is 3.27. The van der Waals surface area contributed by atoms with Crippen LogP contribution in [0, 0.1) is 0 Å². The molecule has 10 heteroatoms. The third-order valence-corrected chi connectivity index (χ3v) is 12.4. The first kappa shape index (κ1) is 63.5. The minimum atomic E-state index is -4.70. The number of esters is 1. The van der Waals surface area contributed by atoms with Gasteiger partial charge in [-0.15, -0.1) is 0 Å². The van der Waals surface area contributed by atoms with Gasteiger partial charge < -0.3 is 28.5 Å². The maximum atomic E-state index is 13.4. The number of hydrogen-bond acceptors (Lipinski definition) is 7. The van der Waals surface area contributed by atoms with Crippen molar-refractivity contribution in [3.63, 3.8) is 0 Å². The molecule has 0 fully saturated rings. The monoisotopic (exact) mass is 945 g/mol. The summed E-state index contributed by atoms with van der Waals surface area (Å²) in [7, 11) is 1.15. The number of nitrogens with zero attached hydrogens (tertiary/aromatic N) is 1. The van der Waals surface area contributed by atoms with Gasteiger partial charge in [-0.3, -0.25) is 14.2 Å². The zero-order valence-electron chi connectivity index (χ0n) is 43.4. The fourth-order valence-electron chi connectivity index (χ4n) is 7.28. The second kappa shape index (κ2) is 46.2. The Morgan fingerprint density at radius 2 is 0.970 bits per heavy atom. The SMILES string of the molecule is CC/C=C/C=C/C=C\CCCCCCCC(=O)OC(/C=C/CCCCCCCCCCCC)C(COP(=O)([O-])OCC[N+](C)(C)C)NC(=O)CCCCCCCC/C=C/C=C/CCCCC. The molecule has 0 saturated heterocycles. The summed E-state index contributed by atoms with van der Waals surface area (Å²) >= 11 is 0. The molecule has 382 valence electrons. The Morgan fingerprint density at radius 3 is 1.48 bits per heavy atom. The van der Waals surface area contributed by atoms with Crippen LogP contribution in [0.5, 0.6) is 0 Å². The summed E-state index contributed by atoms with van der Waals surface area (Å²) in [6.45, 7) is 6.63. The number of hydrogen-bond donors (Lipinski definition) is 1. The molecule has 0 rings (SSSR count). The summed E-state index contributed by atoms with van der Waals surface area (Å²) in [6, 6.07) is -0.903. The predicted molar refractivity (Wildman–Crippen MR) is 279 cm³/mol. The van der Waals surface area contributed by atoms with Gasteiger partial charge in [0.1, 0.15) is 19.3 Å². The number of nitrogens with one attached hydrogen (secondary N) is 1. The van der Waals surface area contributed by atoms with E-state index >= 15 is 0 Å². The van der Waals surface area contributed by atoms with Crippen molar-refractivity contribution in [1.82, 2.24) is 5.32 Å². The second-order valence-corrected chi connectivity index (χ2v) is 20.5. The molecule has 0 bridgehead atoms. The van der Waals surface area contributed by atoms with Crippen LogP contribution in [0.3, 0.4) is 0 Å². The number of carbonyl (C=O) groups excluding carboxylic acids is 2. The number of amides is 1. The van der Waals surface area contributed by atoms with Crippen molar-refractivity contribution in [1.29, 1.82) is 0 Å². The van der Waals surface area contributed by atoms with Gasteiger partial charge in [0, 0.05) is 12.8 Å². The lowest BCUT2D eigenvalue weighted by Gasteiger charge is -2.30. The van der Waals surface area contributed by atoms with Crippen molar-refractivity contribution < 1.29 is 37.3 Å². The van der Waals surface area contributed by atoms with Crippen molar-refractivity contribution in [2.45, 2.75) is 232 Å². The number of phosphoric ester groups is 1. The molecule has 3 atom stereocenters. The number of phosphoric acid groups is 1. The Morgan fingerprint density at radius 1 is 0.545 bits per heavy atom. The first-order valence-electron chi connectivity index (χ1n) is 26.8. The van der Waals surface area contributed by atoms with E-state index in [-0.39, 0.29) is 24.9 Å². The topological polar surface area (TPSA) is 114 Å². The molecular weight excluding hydrogens is 844 g/mol. The molecule has 1 amide bonds. The van der Waals surface area contributed by atoms with Crippen LogP contribution in [0.4, 0.5) is 0 Å². The molecule has 0 spiro atoms. The van der Waals surface area contributed by atoms with Crippen molar-refractivity contribution in [2.24, 2.45) is 0 Å². The molecule has 1 N–H and O–H groups in total. The quantitative estimate of drug-likeness (QED) is 0.0161. The number of rotatable bonds is 47. The van der Waals surface area contributed by atoms with E-state index in [4.69, 9.17) is 13.8 Å². The zero-order chi connectivity index (χ0) is 48.7. The zero-order valence-corrected chi connectivity index (χ0v) is 44.3. The molecule has 0 radical (unpaired) electrons. The number of ether oxygens (including phenoxy) is 1. The second-order valence-electron chi connectivity index (χ2n) is 19.1. The fourth-order valence-corrected chi connectivity index (χ4v) is 8.00. The van der Waals surface area contributed by atoms with Gasteiger partial charge >= 0.3 is 5.97 Å². The Kier molecular flexibility index (Phi) is 44.4. The maximum Gasteiger partial charge on any atom is 0.306 e. The van der Waals surface area contributed by atoms with Crippen LogP contribution in [0.1, 0.15) is 220 Å². The molecule has 3 unspecified atom stereocenters. The highest BCUT2D eigenvalue weighted by atomic mass is 31.2.